The van der Waals surface area contributed by atoms with Gasteiger partial charge in [-0.05, 0) is 99.8 Å². The highest BCUT2D eigenvalue weighted by atomic mass is 16.5. The van der Waals surface area contributed by atoms with Crippen molar-refractivity contribution in [2.75, 3.05) is 7.11 Å². The van der Waals surface area contributed by atoms with Crippen molar-refractivity contribution in [1.29, 1.82) is 0 Å². The van der Waals surface area contributed by atoms with Gasteiger partial charge in [0.15, 0.2) is 5.78 Å². The molecule has 3 heteroatoms. The molecule has 0 aromatic heterocycles. The molecular weight excluding hydrogens is 451 g/mol. The molecule has 3 aromatic rings. The molecule has 0 aliphatic heterocycles. The summed E-state index contributed by atoms with van der Waals surface area (Å²) in [6, 6.07) is 9.24. The first-order valence-electron chi connectivity index (χ1n) is 13.2. The van der Waals surface area contributed by atoms with Gasteiger partial charge in [-0.2, -0.15) is 0 Å². The Hall–Kier alpha value is -3.07. The van der Waals surface area contributed by atoms with Crippen molar-refractivity contribution in [3.05, 3.63) is 91.2 Å². The third kappa shape index (κ3) is 5.06. The van der Waals surface area contributed by atoms with Crippen molar-refractivity contribution < 1.29 is 9.53 Å². The molecule has 0 heterocycles. The summed E-state index contributed by atoms with van der Waals surface area (Å²) in [7, 11) is 1.64. The first-order chi connectivity index (χ1) is 17.2. The van der Waals surface area contributed by atoms with Gasteiger partial charge in [0.05, 0.1) is 12.7 Å². The van der Waals surface area contributed by atoms with Gasteiger partial charge in [-0.15, -0.1) is 0 Å². The van der Waals surface area contributed by atoms with Gasteiger partial charge >= 0.3 is 0 Å². The van der Waals surface area contributed by atoms with Gasteiger partial charge in [0, 0.05) is 0 Å². The Morgan fingerprint density at radius 2 is 0.946 bits per heavy atom. The van der Waals surface area contributed by atoms with E-state index in [0.717, 1.165) is 16.7 Å². The number of hydrogen-bond acceptors (Lipinski definition) is 2. The van der Waals surface area contributed by atoms with E-state index in [-0.39, 0.29) is 12.5 Å². The average molecular weight is 495 g/mol. The van der Waals surface area contributed by atoms with E-state index in [2.05, 4.69) is 93.5 Å². The van der Waals surface area contributed by atoms with Gasteiger partial charge in [0.25, 0.3) is 0 Å². The molecule has 37 heavy (non-hydrogen) atoms. The molecular formula is C34H43BO2. The Bertz CT molecular complexity index is 1310. The summed E-state index contributed by atoms with van der Waals surface area (Å²) in [5.74, 6) is 0.696. The Kier molecular flexibility index (Phi) is 8.27. The zero-order valence-corrected chi connectivity index (χ0v) is 25.2. The molecule has 3 aromatic carbocycles. The van der Waals surface area contributed by atoms with Crippen LogP contribution >= 0.6 is 0 Å². The second-order valence-electron chi connectivity index (χ2n) is 11.0. The Morgan fingerprint density at radius 1 is 0.595 bits per heavy atom. The van der Waals surface area contributed by atoms with Crippen LogP contribution in [0.3, 0.4) is 0 Å². The predicted octanol–water partition coefficient (Wildman–Crippen LogP) is 6.25. The number of rotatable bonds is 6. The fourth-order valence-electron chi connectivity index (χ4n) is 6.58. The van der Waals surface area contributed by atoms with Gasteiger partial charge in [-0.1, -0.05) is 85.2 Å². The molecule has 194 valence electrons. The van der Waals surface area contributed by atoms with Crippen LogP contribution in [0.1, 0.15) is 75.0 Å². The number of aryl methyl sites for hydroxylation is 6. The second-order valence-corrected chi connectivity index (χ2v) is 11.0. The summed E-state index contributed by atoms with van der Waals surface area (Å²) in [5, 5.41) is 0. The lowest BCUT2D eigenvalue weighted by Crippen LogP contribution is -2.58. The molecule has 0 atom stereocenters. The maximum atomic E-state index is 12.8. The van der Waals surface area contributed by atoms with Crippen LogP contribution in [-0.4, -0.2) is 19.6 Å². The SMILES string of the molecule is CO/C(C)=C(\C(C)=O)c1c(C)c(C)c(B(c2c(C)cc(C)cc2C)c2c(C)cc(C)cc2C)c(C)c1C. The van der Waals surface area contributed by atoms with E-state index >= 15 is 0 Å². The van der Waals surface area contributed by atoms with Crippen molar-refractivity contribution in [2.45, 2.75) is 83.1 Å². The van der Waals surface area contributed by atoms with Crippen molar-refractivity contribution in [3.8, 4) is 0 Å². The minimum atomic E-state index is 0.0316. The van der Waals surface area contributed by atoms with Crippen molar-refractivity contribution in [1.82, 2.24) is 0 Å². The van der Waals surface area contributed by atoms with Gasteiger partial charge in [-0.3, -0.25) is 4.79 Å². The summed E-state index contributed by atoms with van der Waals surface area (Å²) in [6.45, 7) is 25.7. The predicted molar refractivity (Wildman–Crippen MR) is 162 cm³/mol. The number of Topliss-reactive ketones (excluding diaryl/α,β-unsaturated/α-hetero) is 1. The third-order valence-corrected chi connectivity index (χ3v) is 8.29. The first kappa shape index (κ1) is 28.5. The van der Waals surface area contributed by atoms with E-state index in [9.17, 15) is 4.79 Å². The maximum absolute atomic E-state index is 12.8. The molecule has 0 unspecified atom stereocenters. The van der Waals surface area contributed by atoms with E-state index in [4.69, 9.17) is 4.74 Å². The molecule has 0 N–H and O–H groups in total. The molecule has 0 radical (unpaired) electrons. The lowest BCUT2D eigenvalue weighted by atomic mass is 9.32. The number of ketones is 1. The average Bonchev–Trinajstić information content (AvgIpc) is 2.78. The number of hydrogen-bond donors (Lipinski definition) is 0. The van der Waals surface area contributed by atoms with Crippen LogP contribution < -0.4 is 16.4 Å². The van der Waals surface area contributed by atoms with Crippen molar-refractivity contribution >= 4 is 34.5 Å². The van der Waals surface area contributed by atoms with Gasteiger partial charge < -0.3 is 4.74 Å². The third-order valence-electron chi connectivity index (χ3n) is 8.29. The summed E-state index contributed by atoms with van der Waals surface area (Å²) >= 11 is 0. The Labute approximate surface area is 225 Å². The standard InChI is InChI=1S/C34H43BO2/c1-18-14-20(3)32(21(4)15-18)35(33-22(5)16-19(2)17-23(33)6)34-26(9)24(7)30(25(8)27(34)10)31(28(11)36)29(12)37-13/h14-17H,1-13H3/b31-29+. The van der Waals surface area contributed by atoms with Gasteiger partial charge in [-0.25, -0.2) is 0 Å². The summed E-state index contributed by atoms with van der Waals surface area (Å²) < 4.78 is 5.58. The van der Waals surface area contributed by atoms with Crippen LogP contribution in [0.15, 0.2) is 30.0 Å². The molecule has 0 saturated heterocycles. The normalized spacial score (nSPS) is 11.9. The van der Waals surface area contributed by atoms with Crippen molar-refractivity contribution in [3.63, 3.8) is 0 Å². The molecule has 0 bridgehead atoms. The minimum Gasteiger partial charge on any atom is -0.501 e. The number of allylic oxidation sites excluding steroid dienone is 2. The Morgan fingerprint density at radius 3 is 1.24 bits per heavy atom. The fourth-order valence-corrected chi connectivity index (χ4v) is 6.58. The molecule has 0 spiro atoms. The highest BCUT2D eigenvalue weighted by molar-refractivity contribution is 6.97. The lowest BCUT2D eigenvalue weighted by molar-refractivity contribution is -0.111. The molecule has 3 rings (SSSR count). The van der Waals surface area contributed by atoms with Crippen LogP contribution in [-0.2, 0) is 9.53 Å². The van der Waals surface area contributed by atoms with Crippen LogP contribution in [0, 0.1) is 69.2 Å². The molecule has 0 aliphatic carbocycles. The molecule has 0 saturated carbocycles. The quantitative estimate of drug-likeness (QED) is 0.230. The van der Waals surface area contributed by atoms with Crippen LogP contribution in [0.25, 0.3) is 5.57 Å². The van der Waals surface area contributed by atoms with E-state index in [1.54, 1.807) is 14.0 Å². The number of methoxy groups -OCH3 is 1. The lowest BCUT2D eigenvalue weighted by Gasteiger charge is -2.30. The zero-order chi connectivity index (χ0) is 27.9. The van der Waals surface area contributed by atoms with E-state index < -0.39 is 0 Å². The molecule has 2 nitrogen and oxygen atoms in total. The summed E-state index contributed by atoms with van der Waals surface area (Å²) in [6.07, 6.45) is 0. The molecule has 0 aliphatic rings. The minimum absolute atomic E-state index is 0.0316. The van der Waals surface area contributed by atoms with E-state index in [1.807, 2.05) is 6.92 Å². The largest absolute Gasteiger partial charge is 0.501 e. The monoisotopic (exact) mass is 494 g/mol. The molecule has 0 amide bonds. The van der Waals surface area contributed by atoms with E-state index in [1.165, 1.54) is 60.9 Å². The van der Waals surface area contributed by atoms with Crippen molar-refractivity contribution in [2.24, 2.45) is 0 Å². The second kappa shape index (κ2) is 10.7. The topological polar surface area (TPSA) is 26.3 Å². The van der Waals surface area contributed by atoms with Crippen LogP contribution in [0.4, 0.5) is 0 Å². The van der Waals surface area contributed by atoms with Gasteiger partial charge in [0.2, 0.25) is 6.71 Å². The van der Waals surface area contributed by atoms with Crippen LogP contribution in [0.5, 0.6) is 0 Å². The maximum Gasteiger partial charge on any atom is 0.243 e. The number of ether oxygens (including phenoxy) is 1. The van der Waals surface area contributed by atoms with Crippen LogP contribution in [0.2, 0.25) is 0 Å². The number of carbonyl (C=O) groups excluding carboxylic acids is 1. The van der Waals surface area contributed by atoms with Gasteiger partial charge in [0.1, 0.15) is 5.76 Å². The number of carbonyl (C=O) groups is 1. The summed E-state index contributed by atoms with van der Waals surface area (Å²) in [4.78, 5) is 12.8. The first-order valence-corrected chi connectivity index (χ1v) is 13.2. The Balaban J connectivity index is 2.56. The highest BCUT2D eigenvalue weighted by Gasteiger charge is 2.33. The molecule has 0 fully saturated rings. The summed E-state index contributed by atoms with van der Waals surface area (Å²) in [5.41, 5.74) is 18.4. The fraction of sp³-hybridized carbons (Fsp3) is 0.382. The highest BCUT2D eigenvalue weighted by Crippen LogP contribution is 2.31. The zero-order valence-electron chi connectivity index (χ0n) is 25.2. The van der Waals surface area contributed by atoms with E-state index in [0.29, 0.717) is 11.3 Å². The smallest absolute Gasteiger partial charge is 0.243 e. The number of benzene rings is 3.